The predicted molar refractivity (Wildman–Crippen MR) is 69.9 cm³/mol. The summed E-state index contributed by atoms with van der Waals surface area (Å²) in [5.41, 5.74) is -0.511. The molecule has 2 aliphatic heterocycles. The summed E-state index contributed by atoms with van der Waals surface area (Å²) < 4.78 is 64.5. The van der Waals surface area contributed by atoms with E-state index in [0.29, 0.717) is 6.42 Å². The summed E-state index contributed by atoms with van der Waals surface area (Å²) in [6.07, 6.45) is -2.81. The highest BCUT2D eigenvalue weighted by Crippen LogP contribution is 2.42. The van der Waals surface area contributed by atoms with E-state index >= 15 is 0 Å². The Balaban J connectivity index is 2.45. The molecule has 0 spiro atoms. The lowest BCUT2D eigenvalue weighted by atomic mass is 9.88. The van der Waals surface area contributed by atoms with Gasteiger partial charge >= 0.3 is 18.1 Å². The lowest BCUT2D eigenvalue weighted by Gasteiger charge is -2.36. The van der Waals surface area contributed by atoms with Crippen LogP contribution in [0.5, 0.6) is 0 Å². The zero-order chi connectivity index (χ0) is 16.9. The second-order valence-electron chi connectivity index (χ2n) is 5.97. The lowest BCUT2D eigenvalue weighted by molar-refractivity contribution is -0.266. The van der Waals surface area contributed by atoms with Crippen molar-refractivity contribution < 1.29 is 26.7 Å². The van der Waals surface area contributed by atoms with Gasteiger partial charge in [0.15, 0.2) is 0 Å². The average Bonchev–Trinajstić information content (AvgIpc) is 2.48. The van der Waals surface area contributed by atoms with Gasteiger partial charge in [0, 0.05) is 6.20 Å². The fourth-order valence-electron chi connectivity index (χ4n) is 2.76. The molecule has 2 amide bonds. The van der Waals surface area contributed by atoms with Crippen molar-refractivity contribution in [3.63, 3.8) is 0 Å². The molecule has 2 aliphatic rings. The molecule has 0 aliphatic carbocycles. The Morgan fingerprint density at radius 1 is 1.23 bits per heavy atom. The smallest absolute Gasteiger partial charge is 0.306 e. The third-order valence-electron chi connectivity index (χ3n) is 4.26. The number of alkyl halides is 5. The van der Waals surface area contributed by atoms with Crippen LogP contribution in [-0.4, -0.2) is 29.1 Å². The number of hydrogen-bond acceptors (Lipinski definition) is 1. The molecule has 8 heteroatoms. The molecule has 1 N–H and O–H groups in total. The Morgan fingerprint density at radius 2 is 1.82 bits per heavy atom. The second-order valence-corrected chi connectivity index (χ2v) is 5.97. The van der Waals surface area contributed by atoms with Gasteiger partial charge in [0.25, 0.3) is 0 Å². The van der Waals surface area contributed by atoms with Crippen molar-refractivity contribution >= 4 is 6.03 Å². The summed E-state index contributed by atoms with van der Waals surface area (Å²) in [7, 11) is 0. The van der Waals surface area contributed by atoms with Gasteiger partial charge in [-0.15, -0.1) is 0 Å². The molecule has 0 saturated carbocycles. The van der Waals surface area contributed by atoms with Gasteiger partial charge in [0.2, 0.25) is 0 Å². The number of halogens is 5. The first kappa shape index (κ1) is 16.8. The van der Waals surface area contributed by atoms with Gasteiger partial charge in [-0.25, -0.2) is 4.79 Å². The number of carbonyl (C=O) groups excluding carboxylic acids is 1. The minimum atomic E-state index is -5.75. The summed E-state index contributed by atoms with van der Waals surface area (Å²) in [6.45, 7) is 5.46. The van der Waals surface area contributed by atoms with Crippen LogP contribution in [0.4, 0.5) is 26.7 Å². The minimum absolute atomic E-state index is 0.119. The van der Waals surface area contributed by atoms with Crippen molar-refractivity contribution in [2.24, 2.45) is 11.8 Å². The number of allylic oxidation sites excluding steroid dienone is 2. The second kappa shape index (κ2) is 5.24. The molecule has 0 bridgehead atoms. The van der Waals surface area contributed by atoms with Crippen molar-refractivity contribution in [2.75, 3.05) is 0 Å². The first-order valence-electron chi connectivity index (χ1n) is 6.89. The molecule has 3 nitrogen and oxygen atoms in total. The number of carbonyl (C=O) groups is 1. The van der Waals surface area contributed by atoms with E-state index in [1.54, 1.807) is 19.2 Å². The molecular formula is C14H17F5N2O. The predicted octanol–water partition coefficient (Wildman–Crippen LogP) is 4.04. The molecule has 3 atom stereocenters. The number of nitrogens with zero attached hydrogens (tertiary/aromatic N) is 1. The number of fused-ring (bicyclic) bond motifs is 1. The van der Waals surface area contributed by atoms with E-state index in [9.17, 15) is 26.7 Å². The van der Waals surface area contributed by atoms with Crippen molar-refractivity contribution in [2.45, 2.75) is 45.3 Å². The summed E-state index contributed by atoms with van der Waals surface area (Å²) in [5.74, 6) is -5.20. The molecule has 22 heavy (non-hydrogen) atoms. The molecule has 124 valence electrons. The van der Waals surface area contributed by atoms with Gasteiger partial charge in [-0.2, -0.15) is 22.0 Å². The molecule has 0 aromatic carbocycles. The molecule has 2 heterocycles. The molecule has 0 radical (unpaired) electrons. The van der Waals surface area contributed by atoms with Crippen LogP contribution in [0.1, 0.15) is 27.2 Å². The van der Waals surface area contributed by atoms with Gasteiger partial charge in [-0.05, 0) is 31.3 Å². The fourth-order valence-corrected chi connectivity index (χ4v) is 2.76. The van der Waals surface area contributed by atoms with Crippen LogP contribution in [0.15, 0.2) is 23.5 Å². The van der Waals surface area contributed by atoms with Crippen LogP contribution in [0.2, 0.25) is 0 Å². The Morgan fingerprint density at radius 3 is 2.36 bits per heavy atom. The van der Waals surface area contributed by atoms with Crippen LogP contribution in [-0.2, 0) is 0 Å². The summed E-state index contributed by atoms with van der Waals surface area (Å²) in [6, 6.07) is -1.79. The lowest BCUT2D eigenvalue weighted by Crippen LogP contribution is -2.54. The highest BCUT2D eigenvalue weighted by Gasteiger charge is 2.61. The Kier molecular flexibility index (Phi) is 3.99. The molecule has 3 unspecified atom stereocenters. The van der Waals surface area contributed by atoms with Gasteiger partial charge in [0.05, 0.1) is 11.7 Å². The van der Waals surface area contributed by atoms with E-state index < -0.39 is 29.9 Å². The van der Waals surface area contributed by atoms with Crippen molar-refractivity contribution in [1.82, 2.24) is 10.2 Å². The van der Waals surface area contributed by atoms with Gasteiger partial charge < -0.3 is 5.32 Å². The van der Waals surface area contributed by atoms with Crippen LogP contribution in [0, 0.1) is 11.8 Å². The van der Waals surface area contributed by atoms with Crippen LogP contribution in [0.3, 0.4) is 0 Å². The van der Waals surface area contributed by atoms with E-state index in [2.05, 4.69) is 0 Å². The normalized spacial score (nSPS) is 30.1. The molecule has 0 fully saturated rings. The molecular weight excluding hydrogens is 307 g/mol. The van der Waals surface area contributed by atoms with E-state index in [0.717, 1.165) is 11.6 Å². The fraction of sp³-hybridized carbons (Fsp3) is 0.643. The monoisotopic (exact) mass is 324 g/mol. The number of amides is 2. The van der Waals surface area contributed by atoms with Crippen molar-refractivity contribution in [3.05, 3.63) is 23.5 Å². The highest BCUT2D eigenvalue weighted by molar-refractivity contribution is 5.80. The van der Waals surface area contributed by atoms with Gasteiger partial charge in [-0.3, -0.25) is 4.90 Å². The Bertz CT molecular complexity index is 538. The highest BCUT2D eigenvalue weighted by atomic mass is 19.4. The summed E-state index contributed by atoms with van der Waals surface area (Å²) in [4.78, 5) is 13.2. The minimum Gasteiger partial charge on any atom is -0.306 e. The third-order valence-corrected chi connectivity index (χ3v) is 4.26. The molecule has 2 rings (SSSR count). The first-order valence-corrected chi connectivity index (χ1v) is 6.89. The maximum atomic E-state index is 13.5. The van der Waals surface area contributed by atoms with Crippen molar-refractivity contribution in [1.29, 1.82) is 0 Å². The van der Waals surface area contributed by atoms with Crippen LogP contribution < -0.4 is 5.32 Å². The SMILES string of the molecule is CC1=CN2C(=O)NC(C(F)(F)C(F)(F)F)=CC2C(C)CC1C. The number of nitrogens with one attached hydrogen (secondary N) is 1. The van der Waals surface area contributed by atoms with E-state index in [-0.39, 0.29) is 11.8 Å². The topological polar surface area (TPSA) is 32.3 Å². The maximum Gasteiger partial charge on any atom is 0.459 e. The van der Waals surface area contributed by atoms with E-state index in [1.807, 2.05) is 6.92 Å². The van der Waals surface area contributed by atoms with E-state index in [1.165, 1.54) is 11.1 Å². The van der Waals surface area contributed by atoms with Crippen LogP contribution in [0.25, 0.3) is 0 Å². The first-order chi connectivity index (χ1) is 9.95. The summed E-state index contributed by atoms with van der Waals surface area (Å²) >= 11 is 0. The molecule has 0 aromatic rings. The van der Waals surface area contributed by atoms with Gasteiger partial charge in [0.1, 0.15) is 0 Å². The average molecular weight is 324 g/mol. The quantitative estimate of drug-likeness (QED) is 0.725. The van der Waals surface area contributed by atoms with Crippen LogP contribution >= 0.6 is 0 Å². The van der Waals surface area contributed by atoms with Crippen molar-refractivity contribution in [3.8, 4) is 0 Å². The Labute approximate surface area is 124 Å². The van der Waals surface area contributed by atoms with Gasteiger partial charge in [-0.1, -0.05) is 19.4 Å². The van der Waals surface area contributed by atoms with E-state index in [4.69, 9.17) is 0 Å². The molecule has 0 saturated heterocycles. The number of rotatable bonds is 1. The number of urea groups is 1. The maximum absolute atomic E-state index is 13.5. The zero-order valence-electron chi connectivity index (χ0n) is 12.3. The molecule has 0 aromatic heterocycles. The largest absolute Gasteiger partial charge is 0.459 e. The zero-order valence-corrected chi connectivity index (χ0v) is 12.3. The summed E-state index contributed by atoms with van der Waals surface area (Å²) in [5, 5.41) is 1.68. The Hall–Kier alpha value is -1.60. The number of hydrogen-bond donors (Lipinski definition) is 1. The third kappa shape index (κ3) is 2.70. The standard InChI is InChI=1S/C14H17F5N2O/c1-7-4-8(2)10-5-11(13(15,16)14(17,18)19)20-12(22)21(10)6-9(7)3/h5-8,10H,4H2,1-3H3,(H,20,22).